The summed E-state index contributed by atoms with van der Waals surface area (Å²) in [7, 11) is 0. The number of nitrogens with zero attached hydrogens (tertiary/aromatic N) is 2. The lowest BCUT2D eigenvalue weighted by Crippen LogP contribution is -2.36. The summed E-state index contributed by atoms with van der Waals surface area (Å²) in [6.07, 6.45) is 11.3. The molecule has 28 heavy (non-hydrogen) atoms. The van der Waals surface area contributed by atoms with Crippen LogP contribution < -0.4 is 10.6 Å². The van der Waals surface area contributed by atoms with Crippen molar-refractivity contribution in [1.29, 1.82) is 0 Å². The Balaban J connectivity index is 1.42. The molecule has 1 aromatic heterocycles. The number of aromatic nitrogens is 2. The highest BCUT2D eigenvalue weighted by Crippen LogP contribution is 2.19. The number of aliphatic hydroxyl groups excluding tert-OH is 1. The Labute approximate surface area is 167 Å². The zero-order chi connectivity index (χ0) is 19.8. The van der Waals surface area contributed by atoms with E-state index in [2.05, 4.69) is 22.5 Å². The first-order valence-corrected chi connectivity index (χ1v) is 10.4. The zero-order valence-electron chi connectivity index (χ0n) is 16.7. The molecular weight excluding hydrogens is 352 g/mol. The number of hydrogen-bond acceptors (Lipinski definition) is 4. The van der Waals surface area contributed by atoms with E-state index >= 15 is 0 Å². The summed E-state index contributed by atoms with van der Waals surface area (Å²) >= 11 is 0. The molecule has 1 fully saturated rings. The number of aliphatic hydroxyl groups is 1. The van der Waals surface area contributed by atoms with E-state index in [0.29, 0.717) is 19.0 Å². The fraction of sp³-hybridized carbons (Fsp3) is 0.545. The van der Waals surface area contributed by atoms with Crippen LogP contribution in [0.1, 0.15) is 67.3 Å². The zero-order valence-corrected chi connectivity index (χ0v) is 16.7. The van der Waals surface area contributed by atoms with Crippen molar-refractivity contribution in [2.75, 3.05) is 6.54 Å². The average molecular weight is 385 g/mol. The second-order valence-corrected chi connectivity index (χ2v) is 7.84. The molecule has 1 amide bonds. The largest absolute Gasteiger partial charge is 0.379 e. The van der Waals surface area contributed by atoms with Crippen LogP contribution in [0.3, 0.4) is 0 Å². The van der Waals surface area contributed by atoms with Gasteiger partial charge in [-0.15, -0.1) is 0 Å². The fourth-order valence-electron chi connectivity index (χ4n) is 3.70. The lowest BCUT2D eigenvalue weighted by atomic mass is 9.95. The highest BCUT2D eigenvalue weighted by Gasteiger charge is 2.17. The summed E-state index contributed by atoms with van der Waals surface area (Å²) < 4.78 is 1.95. The van der Waals surface area contributed by atoms with Crippen molar-refractivity contribution in [1.82, 2.24) is 20.2 Å². The maximum Gasteiger partial charge on any atom is 0.251 e. The number of carbonyl (C=O) groups is 1. The van der Waals surface area contributed by atoms with Gasteiger partial charge in [0, 0.05) is 43.5 Å². The third-order valence-corrected chi connectivity index (χ3v) is 5.56. The second-order valence-electron chi connectivity index (χ2n) is 7.84. The highest BCUT2D eigenvalue weighted by atomic mass is 16.3. The number of nitrogens with one attached hydrogen (secondary N) is 2. The minimum absolute atomic E-state index is 0.0270. The molecule has 2 unspecified atom stereocenters. The predicted molar refractivity (Wildman–Crippen MR) is 110 cm³/mol. The molecule has 6 heteroatoms. The normalized spacial score (nSPS) is 17.2. The molecular formula is C22H32N4O2. The molecule has 1 saturated carbocycles. The van der Waals surface area contributed by atoms with E-state index < -0.39 is 6.23 Å². The Hall–Kier alpha value is -2.18. The molecule has 1 aliphatic carbocycles. The molecule has 1 aromatic carbocycles. The quantitative estimate of drug-likeness (QED) is 0.581. The number of imidazole rings is 1. The maximum atomic E-state index is 12.4. The van der Waals surface area contributed by atoms with E-state index in [9.17, 15) is 9.90 Å². The van der Waals surface area contributed by atoms with Gasteiger partial charge in [0.05, 0.1) is 6.33 Å². The summed E-state index contributed by atoms with van der Waals surface area (Å²) in [6.45, 7) is 3.53. The first kappa shape index (κ1) is 20.6. The number of rotatable bonds is 9. The van der Waals surface area contributed by atoms with Gasteiger partial charge in [-0.1, -0.05) is 38.3 Å². The molecule has 152 valence electrons. The van der Waals surface area contributed by atoms with E-state index in [-0.39, 0.29) is 11.8 Å². The van der Waals surface area contributed by atoms with Crippen LogP contribution in [0.5, 0.6) is 0 Å². The van der Waals surface area contributed by atoms with Gasteiger partial charge in [-0.3, -0.25) is 10.1 Å². The average Bonchev–Trinajstić information content (AvgIpc) is 3.25. The van der Waals surface area contributed by atoms with E-state index in [0.717, 1.165) is 30.5 Å². The van der Waals surface area contributed by atoms with Crippen LogP contribution in [0.2, 0.25) is 0 Å². The van der Waals surface area contributed by atoms with Crippen LogP contribution in [-0.4, -0.2) is 39.4 Å². The van der Waals surface area contributed by atoms with E-state index in [4.69, 9.17) is 0 Å². The predicted octanol–water partition coefficient (Wildman–Crippen LogP) is 3.05. The molecule has 2 aromatic rings. The minimum atomic E-state index is -0.551. The van der Waals surface area contributed by atoms with Gasteiger partial charge in [-0.2, -0.15) is 0 Å². The van der Waals surface area contributed by atoms with Crippen molar-refractivity contribution >= 4 is 5.91 Å². The van der Waals surface area contributed by atoms with Gasteiger partial charge in [-0.25, -0.2) is 4.98 Å². The van der Waals surface area contributed by atoms with Crippen LogP contribution in [0.4, 0.5) is 0 Å². The van der Waals surface area contributed by atoms with Crippen LogP contribution in [0.15, 0.2) is 43.0 Å². The molecule has 1 heterocycles. The summed E-state index contributed by atoms with van der Waals surface area (Å²) in [6, 6.07) is 8.16. The van der Waals surface area contributed by atoms with E-state index in [1.54, 1.807) is 12.5 Å². The van der Waals surface area contributed by atoms with Crippen molar-refractivity contribution in [2.45, 2.75) is 70.2 Å². The lowest BCUT2D eigenvalue weighted by Gasteiger charge is -2.23. The SMILES string of the molecule is CC(CNC(O)CCn1ccnc1)c1ccc(C(=O)NC2CCCCC2)cc1. The number of amides is 1. The standard InChI is InChI=1S/C22H32N4O2/c1-17(15-24-21(27)11-13-26-14-12-23-16-26)18-7-9-19(10-8-18)22(28)25-20-5-3-2-4-6-20/h7-10,12,14,16-17,20-21,24,27H,2-6,11,13,15H2,1H3,(H,25,28). The van der Waals surface area contributed by atoms with Crippen molar-refractivity contribution < 1.29 is 9.90 Å². The van der Waals surface area contributed by atoms with Crippen molar-refractivity contribution in [3.8, 4) is 0 Å². The van der Waals surface area contributed by atoms with E-state index in [1.807, 2.05) is 35.0 Å². The molecule has 0 spiro atoms. The Bertz CT molecular complexity index is 709. The molecule has 0 bridgehead atoms. The minimum Gasteiger partial charge on any atom is -0.379 e. The molecule has 0 saturated heterocycles. The third-order valence-electron chi connectivity index (χ3n) is 5.56. The molecule has 0 aliphatic heterocycles. The molecule has 0 radical (unpaired) electrons. The first-order chi connectivity index (χ1) is 13.6. The number of aryl methyl sites for hydroxylation is 1. The van der Waals surface area contributed by atoms with Crippen molar-refractivity contribution in [2.24, 2.45) is 0 Å². The fourth-order valence-corrected chi connectivity index (χ4v) is 3.70. The van der Waals surface area contributed by atoms with E-state index in [1.165, 1.54) is 19.3 Å². The topological polar surface area (TPSA) is 79.2 Å². The van der Waals surface area contributed by atoms with Crippen LogP contribution in [0.25, 0.3) is 0 Å². The number of carbonyl (C=O) groups excluding carboxylic acids is 1. The maximum absolute atomic E-state index is 12.4. The Morgan fingerprint density at radius 2 is 2.00 bits per heavy atom. The van der Waals surface area contributed by atoms with Gasteiger partial charge in [0.25, 0.3) is 5.91 Å². The second kappa shape index (κ2) is 10.4. The first-order valence-electron chi connectivity index (χ1n) is 10.4. The molecule has 2 atom stereocenters. The number of hydrogen-bond donors (Lipinski definition) is 3. The summed E-state index contributed by atoms with van der Waals surface area (Å²) in [5.74, 6) is 0.275. The Morgan fingerprint density at radius 3 is 2.68 bits per heavy atom. The van der Waals surface area contributed by atoms with Gasteiger partial charge in [-0.05, 0) is 36.5 Å². The molecule has 1 aliphatic rings. The highest BCUT2D eigenvalue weighted by molar-refractivity contribution is 5.94. The monoisotopic (exact) mass is 384 g/mol. The molecule has 6 nitrogen and oxygen atoms in total. The van der Waals surface area contributed by atoms with Gasteiger partial charge in [0.1, 0.15) is 6.23 Å². The summed E-state index contributed by atoms with van der Waals surface area (Å²) in [4.78, 5) is 16.4. The van der Waals surface area contributed by atoms with Gasteiger partial charge >= 0.3 is 0 Å². The van der Waals surface area contributed by atoms with Crippen LogP contribution in [0, 0.1) is 0 Å². The Morgan fingerprint density at radius 1 is 1.25 bits per heavy atom. The smallest absolute Gasteiger partial charge is 0.251 e. The van der Waals surface area contributed by atoms with Crippen molar-refractivity contribution in [3.05, 3.63) is 54.1 Å². The third kappa shape index (κ3) is 6.17. The van der Waals surface area contributed by atoms with Gasteiger partial charge < -0.3 is 15.0 Å². The van der Waals surface area contributed by atoms with Crippen LogP contribution >= 0.6 is 0 Å². The molecule has 3 N–H and O–H groups in total. The van der Waals surface area contributed by atoms with Gasteiger partial charge in [0.2, 0.25) is 0 Å². The summed E-state index contributed by atoms with van der Waals surface area (Å²) in [5.41, 5.74) is 1.87. The summed E-state index contributed by atoms with van der Waals surface area (Å²) in [5, 5.41) is 16.5. The Kier molecular flexibility index (Phi) is 7.62. The number of benzene rings is 1. The molecule has 3 rings (SSSR count). The van der Waals surface area contributed by atoms with Gasteiger partial charge in [0.15, 0.2) is 0 Å². The van der Waals surface area contributed by atoms with Crippen molar-refractivity contribution in [3.63, 3.8) is 0 Å². The lowest BCUT2D eigenvalue weighted by molar-refractivity contribution is 0.0927. The van der Waals surface area contributed by atoms with Crippen LogP contribution in [-0.2, 0) is 6.54 Å².